The molecule has 2 N–H and O–H groups in total. The van der Waals surface area contributed by atoms with Gasteiger partial charge in [0.2, 0.25) is 17.8 Å². The molecule has 0 aliphatic rings. The molecule has 0 radical (unpaired) electrons. The molecule has 0 unspecified atom stereocenters. The van der Waals surface area contributed by atoms with Gasteiger partial charge in [-0.25, -0.2) is 4.98 Å². The van der Waals surface area contributed by atoms with E-state index in [-0.39, 0.29) is 5.41 Å². The summed E-state index contributed by atoms with van der Waals surface area (Å²) in [7, 11) is 0. The van der Waals surface area contributed by atoms with Crippen molar-refractivity contribution in [1.29, 1.82) is 0 Å². The Balaban J connectivity index is 2.16. The Morgan fingerprint density at radius 1 is 1.10 bits per heavy atom. The molecule has 0 aromatic carbocycles. The van der Waals surface area contributed by atoms with Gasteiger partial charge in [0, 0.05) is 25.5 Å². The van der Waals surface area contributed by atoms with Gasteiger partial charge < -0.3 is 10.6 Å². The molecule has 0 spiro atoms. The van der Waals surface area contributed by atoms with Gasteiger partial charge in [-0.15, -0.1) is 0 Å². The van der Waals surface area contributed by atoms with E-state index in [4.69, 9.17) is 0 Å². The van der Waals surface area contributed by atoms with Crippen molar-refractivity contribution in [1.82, 2.24) is 24.5 Å². The highest BCUT2D eigenvalue weighted by atomic mass is 15.3. The highest BCUT2D eigenvalue weighted by Crippen LogP contribution is 2.18. The van der Waals surface area contributed by atoms with Gasteiger partial charge in [0.1, 0.15) is 6.33 Å². The summed E-state index contributed by atoms with van der Waals surface area (Å²) in [5, 5.41) is 6.39. The lowest BCUT2D eigenvalue weighted by molar-refractivity contribution is 0.389. The SMILES string of the molecule is CCNc1nc(NCCC(C)(C)C)nc(-n2ccnc2)n1. The largest absolute Gasteiger partial charge is 0.354 e. The van der Waals surface area contributed by atoms with E-state index in [1.807, 2.05) is 13.1 Å². The smallest absolute Gasteiger partial charge is 0.241 e. The molecule has 114 valence electrons. The van der Waals surface area contributed by atoms with Crippen molar-refractivity contribution in [3.63, 3.8) is 0 Å². The summed E-state index contributed by atoms with van der Waals surface area (Å²) in [6, 6.07) is 0. The van der Waals surface area contributed by atoms with Gasteiger partial charge in [0.15, 0.2) is 0 Å². The molecule has 0 aliphatic carbocycles. The maximum absolute atomic E-state index is 4.43. The Morgan fingerprint density at radius 3 is 2.38 bits per heavy atom. The molecule has 2 aromatic heterocycles. The standard InChI is InChI=1S/C14H23N7/c1-5-16-11-18-12(17-7-6-14(2,3)4)20-13(19-11)21-9-8-15-10-21/h8-10H,5-7H2,1-4H3,(H2,16,17,18,19,20). The zero-order valence-corrected chi connectivity index (χ0v) is 13.1. The van der Waals surface area contributed by atoms with Crippen LogP contribution in [-0.2, 0) is 0 Å². The van der Waals surface area contributed by atoms with Crippen molar-refractivity contribution in [2.45, 2.75) is 34.1 Å². The van der Waals surface area contributed by atoms with E-state index >= 15 is 0 Å². The van der Waals surface area contributed by atoms with Crippen LogP contribution in [-0.4, -0.2) is 37.6 Å². The Labute approximate surface area is 125 Å². The summed E-state index contributed by atoms with van der Waals surface area (Å²) in [5.74, 6) is 1.69. The predicted octanol–water partition coefficient (Wildman–Crippen LogP) is 2.34. The molecule has 7 nitrogen and oxygen atoms in total. The lowest BCUT2D eigenvalue weighted by atomic mass is 9.92. The van der Waals surface area contributed by atoms with Gasteiger partial charge in [-0.3, -0.25) is 4.57 Å². The minimum atomic E-state index is 0.276. The average molecular weight is 289 g/mol. The topological polar surface area (TPSA) is 80.5 Å². The molecule has 0 saturated heterocycles. The van der Waals surface area contributed by atoms with Gasteiger partial charge in [-0.2, -0.15) is 15.0 Å². The van der Waals surface area contributed by atoms with E-state index in [0.717, 1.165) is 19.5 Å². The molecule has 0 amide bonds. The molecule has 7 heteroatoms. The number of hydrogen-bond donors (Lipinski definition) is 2. The van der Waals surface area contributed by atoms with Crippen LogP contribution in [0.2, 0.25) is 0 Å². The first-order valence-corrected chi connectivity index (χ1v) is 7.20. The van der Waals surface area contributed by atoms with Crippen molar-refractivity contribution in [2.75, 3.05) is 23.7 Å². The average Bonchev–Trinajstić information content (AvgIpc) is 2.91. The van der Waals surface area contributed by atoms with Crippen molar-refractivity contribution in [3.05, 3.63) is 18.7 Å². The Bertz CT molecular complexity index is 557. The van der Waals surface area contributed by atoms with Crippen molar-refractivity contribution in [3.8, 4) is 5.95 Å². The zero-order valence-electron chi connectivity index (χ0n) is 13.1. The molecule has 0 bridgehead atoms. The third-order valence-electron chi connectivity index (χ3n) is 2.85. The Morgan fingerprint density at radius 2 is 1.81 bits per heavy atom. The molecule has 2 rings (SSSR count). The van der Waals surface area contributed by atoms with E-state index < -0.39 is 0 Å². The number of imidazole rings is 1. The fraction of sp³-hybridized carbons (Fsp3) is 0.571. The molecule has 0 atom stereocenters. The highest BCUT2D eigenvalue weighted by Gasteiger charge is 2.11. The summed E-state index contributed by atoms with van der Waals surface area (Å²) < 4.78 is 1.76. The molecule has 21 heavy (non-hydrogen) atoms. The predicted molar refractivity (Wildman–Crippen MR) is 83.7 cm³/mol. The van der Waals surface area contributed by atoms with Crippen LogP contribution in [0.1, 0.15) is 34.1 Å². The summed E-state index contributed by atoms with van der Waals surface area (Å²) in [5.41, 5.74) is 0.276. The molecular weight excluding hydrogens is 266 g/mol. The maximum atomic E-state index is 4.43. The van der Waals surface area contributed by atoms with Crippen LogP contribution < -0.4 is 10.6 Å². The molecule has 2 heterocycles. The normalized spacial score (nSPS) is 11.4. The fourth-order valence-electron chi connectivity index (χ4n) is 1.72. The van der Waals surface area contributed by atoms with Crippen LogP contribution in [0.25, 0.3) is 5.95 Å². The van der Waals surface area contributed by atoms with Gasteiger partial charge in [0.05, 0.1) is 0 Å². The van der Waals surface area contributed by atoms with Crippen molar-refractivity contribution in [2.24, 2.45) is 5.41 Å². The summed E-state index contributed by atoms with van der Waals surface area (Å²) in [4.78, 5) is 17.2. The van der Waals surface area contributed by atoms with Crippen molar-refractivity contribution < 1.29 is 0 Å². The minimum Gasteiger partial charge on any atom is -0.354 e. The lowest BCUT2D eigenvalue weighted by Gasteiger charge is -2.18. The van der Waals surface area contributed by atoms with Crippen LogP contribution >= 0.6 is 0 Å². The highest BCUT2D eigenvalue weighted by molar-refractivity contribution is 5.37. The fourth-order valence-corrected chi connectivity index (χ4v) is 1.72. The second-order valence-corrected chi connectivity index (χ2v) is 6.02. The second-order valence-electron chi connectivity index (χ2n) is 6.02. The van der Waals surface area contributed by atoms with E-state index in [1.54, 1.807) is 17.1 Å². The third kappa shape index (κ3) is 4.70. The van der Waals surface area contributed by atoms with Crippen LogP contribution in [0.5, 0.6) is 0 Å². The minimum absolute atomic E-state index is 0.276. The maximum Gasteiger partial charge on any atom is 0.241 e. The van der Waals surface area contributed by atoms with Crippen molar-refractivity contribution >= 4 is 11.9 Å². The summed E-state index contributed by atoms with van der Waals surface area (Å²) in [6.07, 6.45) is 6.22. The summed E-state index contributed by atoms with van der Waals surface area (Å²) >= 11 is 0. The quantitative estimate of drug-likeness (QED) is 0.849. The van der Waals surface area contributed by atoms with Crippen LogP contribution in [0, 0.1) is 5.41 Å². The Hall–Kier alpha value is -2.18. The number of hydrogen-bond acceptors (Lipinski definition) is 6. The summed E-state index contributed by atoms with van der Waals surface area (Å²) in [6.45, 7) is 10.2. The molecule has 0 fully saturated rings. The van der Waals surface area contributed by atoms with Crippen LogP contribution in [0.3, 0.4) is 0 Å². The number of aromatic nitrogens is 5. The molecule has 2 aromatic rings. The van der Waals surface area contributed by atoms with E-state index in [9.17, 15) is 0 Å². The van der Waals surface area contributed by atoms with Gasteiger partial charge >= 0.3 is 0 Å². The first-order chi connectivity index (χ1) is 9.98. The van der Waals surface area contributed by atoms with E-state index in [0.29, 0.717) is 17.8 Å². The first-order valence-electron chi connectivity index (χ1n) is 7.20. The van der Waals surface area contributed by atoms with Crippen LogP contribution in [0.4, 0.5) is 11.9 Å². The van der Waals surface area contributed by atoms with E-state index in [2.05, 4.69) is 51.3 Å². The third-order valence-corrected chi connectivity index (χ3v) is 2.85. The number of anilines is 2. The lowest BCUT2D eigenvalue weighted by Crippen LogP contribution is -2.16. The Kier molecular flexibility index (Phi) is 4.72. The van der Waals surface area contributed by atoms with Gasteiger partial charge in [-0.05, 0) is 18.8 Å². The number of nitrogens with zero attached hydrogens (tertiary/aromatic N) is 5. The monoisotopic (exact) mass is 289 g/mol. The second kappa shape index (κ2) is 6.51. The van der Waals surface area contributed by atoms with Gasteiger partial charge in [-0.1, -0.05) is 20.8 Å². The van der Waals surface area contributed by atoms with Gasteiger partial charge in [0.25, 0.3) is 0 Å². The molecular formula is C14H23N7. The number of rotatable bonds is 6. The zero-order chi connectivity index (χ0) is 15.3. The number of nitrogens with one attached hydrogen (secondary N) is 2. The van der Waals surface area contributed by atoms with Crippen LogP contribution in [0.15, 0.2) is 18.7 Å². The molecule has 0 aliphatic heterocycles. The van der Waals surface area contributed by atoms with E-state index in [1.165, 1.54) is 0 Å². The molecule has 0 saturated carbocycles. The first kappa shape index (κ1) is 15.2.